The van der Waals surface area contributed by atoms with E-state index in [2.05, 4.69) is 67.1 Å². The van der Waals surface area contributed by atoms with Gasteiger partial charge in [-0.2, -0.15) is 0 Å². The van der Waals surface area contributed by atoms with E-state index in [1.165, 1.54) is 44.5 Å². The van der Waals surface area contributed by atoms with E-state index < -0.39 is 0 Å². The SMILES string of the molecule is CCCC#Cc1ccc(CNC2CCN(CCC(C)C)CC2)cc1. The highest BCUT2D eigenvalue weighted by atomic mass is 15.1. The largest absolute Gasteiger partial charge is 0.310 e. The first-order chi connectivity index (χ1) is 11.7. The number of nitrogens with zero attached hydrogens (tertiary/aromatic N) is 1. The Morgan fingerprint density at radius 1 is 1.17 bits per heavy atom. The van der Waals surface area contributed by atoms with Crippen LogP contribution in [0, 0.1) is 17.8 Å². The average Bonchev–Trinajstić information content (AvgIpc) is 2.60. The van der Waals surface area contributed by atoms with Crippen LogP contribution in [0.15, 0.2) is 24.3 Å². The van der Waals surface area contributed by atoms with Crippen LogP contribution in [0.4, 0.5) is 0 Å². The topological polar surface area (TPSA) is 15.3 Å². The number of unbranched alkanes of at least 4 members (excludes halogenated alkanes) is 1. The summed E-state index contributed by atoms with van der Waals surface area (Å²) in [6.07, 6.45) is 5.99. The van der Waals surface area contributed by atoms with Crippen LogP contribution in [-0.2, 0) is 6.54 Å². The van der Waals surface area contributed by atoms with Crippen LogP contribution in [0.1, 0.15) is 64.0 Å². The number of hydrogen-bond acceptors (Lipinski definition) is 2. The summed E-state index contributed by atoms with van der Waals surface area (Å²) in [6.45, 7) is 11.5. The maximum atomic E-state index is 3.73. The van der Waals surface area contributed by atoms with Gasteiger partial charge in [0.15, 0.2) is 0 Å². The molecule has 0 atom stereocenters. The highest BCUT2D eigenvalue weighted by Crippen LogP contribution is 2.13. The van der Waals surface area contributed by atoms with E-state index in [0.29, 0.717) is 6.04 Å². The number of nitrogens with one attached hydrogen (secondary N) is 1. The zero-order chi connectivity index (χ0) is 17.2. The number of piperidine rings is 1. The molecule has 1 aromatic carbocycles. The molecule has 1 saturated heterocycles. The highest BCUT2D eigenvalue weighted by molar-refractivity contribution is 5.36. The third-order valence-electron chi connectivity index (χ3n) is 4.77. The summed E-state index contributed by atoms with van der Waals surface area (Å²) in [5.41, 5.74) is 2.49. The predicted molar refractivity (Wildman–Crippen MR) is 104 cm³/mol. The first-order valence-corrected chi connectivity index (χ1v) is 9.71. The average molecular weight is 327 g/mol. The van der Waals surface area contributed by atoms with Crippen LogP contribution in [0.25, 0.3) is 0 Å². The van der Waals surface area contributed by atoms with Gasteiger partial charge >= 0.3 is 0 Å². The molecule has 0 unspecified atom stereocenters. The van der Waals surface area contributed by atoms with Gasteiger partial charge in [-0.05, 0) is 68.9 Å². The van der Waals surface area contributed by atoms with E-state index in [1.54, 1.807) is 0 Å². The molecule has 0 aliphatic carbocycles. The van der Waals surface area contributed by atoms with Crippen LogP contribution in [-0.4, -0.2) is 30.6 Å². The van der Waals surface area contributed by atoms with Gasteiger partial charge in [0.2, 0.25) is 0 Å². The second-order valence-corrected chi connectivity index (χ2v) is 7.43. The molecule has 2 rings (SSSR count). The van der Waals surface area contributed by atoms with E-state index in [1.807, 2.05) is 0 Å². The lowest BCUT2D eigenvalue weighted by Crippen LogP contribution is -2.42. The van der Waals surface area contributed by atoms with Crippen LogP contribution >= 0.6 is 0 Å². The number of likely N-dealkylation sites (tertiary alicyclic amines) is 1. The maximum Gasteiger partial charge on any atom is 0.0245 e. The summed E-state index contributed by atoms with van der Waals surface area (Å²) in [5.74, 6) is 7.25. The molecule has 0 spiro atoms. The van der Waals surface area contributed by atoms with Gasteiger partial charge in [-0.1, -0.05) is 44.7 Å². The van der Waals surface area contributed by atoms with Crippen molar-refractivity contribution in [2.75, 3.05) is 19.6 Å². The Hall–Kier alpha value is -1.30. The molecule has 1 aromatic rings. The van der Waals surface area contributed by atoms with Gasteiger partial charge in [-0.3, -0.25) is 0 Å². The summed E-state index contributed by atoms with van der Waals surface area (Å²) in [6, 6.07) is 9.38. The second-order valence-electron chi connectivity index (χ2n) is 7.43. The summed E-state index contributed by atoms with van der Waals surface area (Å²) in [4.78, 5) is 2.63. The Balaban J connectivity index is 1.68. The summed E-state index contributed by atoms with van der Waals surface area (Å²) in [7, 11) is 0. The minimum Gasteiger partial charge on any atom is -0.310 e. The third kappa shape index (κ3) is 7.07. The lowest BCUT2D eigenvalue weighted by atomic mass is 10.0. The smallest absolute Gasteiger partial charge is 0.0245 e. The normalized spacial score (nSPS) is 16.2. The minimum absolute atomic E-state index is 0.671. The van der Waals surface area contributed by atoms with Crippen molar-refractivity contribution in [2.24, 2.45) is 5.92 Å². The fraction of sp³-hybridized carbons (Fsp3) is 0.636. The molecule has 24 heavy (non-hydrogen) atoms. The zero-order valence-electron chi connectivity index (χ0n) is 15.8. The lowest BCUT2D eigenvalue weighted by molar-refractivity contribution is 0.189. The van der Waals surface area contributed by atoms with Crippen molar-refractivity contribution >= 4 is 0 Å². The molecule has 2 nitrogen and oxygen atoms in total. The molecule has 0 amide bonds. The van der Waals surface area contributed by atoms with Gasteiger partial charge in [-0.15, -0.1) is 0 Å². The van der Waals surface area contributed by atoms with Gasteiger partial charge in [0.05, 0.1) is 0 Å². The Morgan fingerprint density at radius 2 is 1.88 bits per heavy atom. The molecule has 132 valence electrons. The molecule has 0 bridgehead atoms. The summed E-state index contributed by atoms with van der Waals surface area (Å²) >= 11 is 0. The number of benzene rings is 1. The van der Waals surface area contributed by atoms with Crippen molar-refractivity contribution in [3.8, 4) is 11.8 Å². The monoisotopic (exact) mass is 326 g/mol. The molecule has 1 aliphatic rings. The van der Waals surface area contributed by atoms with E-state index in [-0.39, 0.29) is 0 Å². The van der Waals surface area contributed by atoms with Gasteiger partial charge in [0.1, 0.15) is 0 Å². The van der Waals surface area contributed by atoms with Crippen LogP contribution in [0.3, 0.4) is 0 Å². The van der Waals surface area contributed by atoms with E-state index in [4.69, 9.17) is 0 Å². The van der Waals surface area contributed by atoms with Crippen molar-refractivity contribution in [3.05, 3.63) is 35.4 Å². The zero-order valence-corrected chi connectivity index (χ0v) is 15.8. The highest BCUT2D eigenvalue weighted by Gasteiger charge is 2.18. The molecule has 0 radical (unpaired) electrons. The molecule has 1 heterocycles. The van der Waals surface area contributed by atoms with Crippen molar-refractivity contribution in [2.45, 2.75) is 65.5 Å². The molecule has 0 saturated carbocycles. The molecule has 1 fully saturated rings. The first kappa shape index (κ1) is 19.0. The van der Waals surface area contributed by atoms with E-state index in [0.717, 1.165) is 30.9 Å². The summed E-state index contributed by atoms with van der Waals surface area (Å²) in [5, 5.41) is 3.73. The van der Waals surface area contributed by atoms with Gasteiger partial charge in [0.25, 0.3) is 0 Å². The minimum atomic E-state index is 0.671. The van der Waals surface area contributed by atoms with Gasteiger partial charge in [-0.25, -0.2) is 0 Å². The maximum absolute atomic E-state index is 3.73. The Bertz CT molecular complexity index is 513. The standard InChI is InChI=1S/C22H34N2/c1-4-5-6-7-20-8-10-21(11-9-20)18-23-22-13-16-24(17-14-22)15-12-19(2)3/h8-11,19,22-23H,4-5,12-18H2,1-3H3. The Morgan fingerprint density at radius 3 is 2.50 bits per heavy atom. The van der Waals surface area contributed by atoms with Crippen molar-refractivity contribution in [1.82, 2.24) is 10.2 Å². The van der Waals surface area contributed by atoms with Crippen LogP contribution < -0.4 is 5.32 Å². The first-order valence-electron chi connectivity index (χ1n) is 9.71. The van der Waals surface area contributed by atoms with Crippen LogP contribution in [0.5, 0.6) is 0 Å². The molecule has 1 N–H and O–H groups in total. The van der Waals surface area contributed by atoms with E-state index in [9.17, 15) is 0 Å². The molecule has 2 heteroatoms. The molecular formula is C22H34N2. The fourth-order valence-corrected chi connectivity index (χ4v) is 3.06. The molecular weight excluding hydrogens is 292 g/mol. The predicted octanol–water partition coefficient (Wildman–Crippen LogP) is 4.44. The Labute approximate surface area is 149 Å². The lowest BCUT2D eigenvalue weighted by Gasteiger charge is -2.32. The second kappa shape index (κ2) is 10.5. The molecule has 1 aliphatic heterocycles. The van der Waals surface area contributed by atoms with Crippen molar-refractivity contribution < 1.29 is 0 Å². The fourth-order valence-electron chi connectivity index (χ4n) is 3.06. The van der Waals surface area contributed by atoms with Crippen molar-refractivity contribution in [1.29, 1.82) is 0 Å². The molecule has 0 aromatic heterocycles. The third-order valence-corrected chi connectivity index (χ3v) is 4.77. The quantitative estimate of drug-likeness (QED) is 0.745. The Kier molecular flexibility index (Phi) is 8.36. The van der Waals surface area contributed by atoms with Crippen molar-refractivity contribution in [3.63, 3.8) is 0 Å². The van der Waals surface area contributed by atoms with Crippen LogP contribution in [0.2, 0.25) is 0 Å². The number of rotatable bonds is 7. The van der Waals surface area contributed by atoms with Gasteiger partial charge < -0.3 is 10.2 Å². The summed E-state index contributed by atoms with van der Waals surface area (Å²) < 4.78 is 0. The number of hydrogen-bond donors (Lipinski definition) is 1. The van der Waals surface area contributed by atoms with E-state index >= 15 is 0 Å². The van der Waals surface area contributed by atoms with Gasteiger partial charge in [0, 0.05) is 24.6 Å².